The molecule has 1 amide bonds. The molecule has 0 saturated heterocycles. The summed E-state index contributed by atoms with van der Waals surface area (Å²) in [5.41, 5.74) is 0.282. The number of anilines is 2. The number of rotatable bonds is 6. The summed E-state index contributed by atoms with van der Waals surface area (Å²) in [6.07, 6.45) is 0.335. The molecule has 0 bridgehead atoms. The largest absolute Gasteiger partial charge is 0.495 e. The number of hydrogen-bond acceptors (Lipinski definition) is 4. The molecular formula is C19H20Cl2N2O4S. The smallest absolute Gasteiger partial charge is 0.262 e. The minimum Gasteiger partial charge on any atom is -0.495 e. The molecule has 0 aliphatic heterocycles. The van der Waals surface area contributed by atoms with Gasteiger partial charge in [0.15, 0.2) is 0 Å². The van der Waals surface area contributed by atoms with Gasteiger partial charge in [-0.05, 0) is 50.1 Å². The Kier molecular flexibility index (Phi) is 5.29. The quantitative estimate of drug-likeness (QED) is 0.651. The maximum Gasteiger partial charge on any atom is 0.262 e. The summed E-state index contributed by atoms with van der Waals surface area (Å²) >= 11 is 12.1. The number of alkyl halides is 2. The van der Waals surface area contributed by atoms with Gasteiger partial charge in [0.1, 0.15) is 10.1 Å². The fraction of sp³-hybridized carbons (Fsp3) is 0.316. The maximum absolute atomic E-state index is 12.9. The van der Waals surface area contributed by atoms with Crippen LogP contribution in [0.2, 0.25) is 0 Å². The lowest BCUT2D eigenvalue weighted by molar-refractivity contribution is -0.120. The van der Waals surface area contributed by atoms with Crippen LogP contribution >= 0.6 is 23.2 Å². The number of halogens is 2. The fourth-order valence-corrected chi connectivity index (χ4v) is 4.86. The Morgan fingerprint density at radius 3 is 2.43 bits per heavy atom. The highest BCUT2D eigenvalue weighted by Crippen LogP contribution is 2.64. The first-order valence-corrected chi connectivity index (χ1v) is 10.7. The highest BCUT2D eigenvalue weighted by molar-refractivity contribution is 7.92. The number of para-hydroxylation sites is 2. The zero-order valence-electron chi connectivity index (χ0n) is 15.5. The summed E-state index contributed by atoms with van der Waals surface area (Å²) in [6, 6.07) is 11.4. The average Bonchev–Trinajstić information content (AvgIpc) is 3.16. The molecule has 1 aliphatic rings. The highest BCUT2D eigenvalue weighted by atomic mass is 35.5. The van der Waals surface area contributed by atoms with Crippen LogP contribution in [0.5, 0.6) is 5.75 Å². The summed E-state index contributed by atoms with van der Waals surface area (Å²) in [7, 11) is -2.45. The van der Waals surface area contributed by atoms with E-state index in [0.717, 1.165) is 0 Å². The first kappa shape index (κ1) is 20.8. The molecule has 0 radical (unpaired) electrons. The van der Waals surface area contributed by atoms with Gasteiger partial charge in [-0.25, -0.2) is 8.42 Å². The van der Waals surface area contributed by atoms with Crippen LogP contribution in [0.3, 0.4) is 0 Å². The van der Waals surface area contributed by atoms with Crippen molar-refractivity contribution in [1.29, 1.82) is 0 Å². The van der Waals surface area contributed by atoms with E-state index in [-0.39, 0.29) is 10.8 Å². The molecule has 1 fully saturated rings. The van der Waals surface area contributed by atoms with Gasteiger partial charge in [-0.1, -0.05) is 18.2 Å². The van der Waals surface area contributed by atoms with Crippen LogP contribution in [0.15, 0.2) is 47.4 Å². The molecule has 9 heteroatoms. The van der Waals surface area contributed by atoms with Gasteiger partial charge in [0.05, 0.1) is 23.1 Å². The third-order valence-corrected chi connectivity index (χ3v) is 7.45. The van der Waals surface area contributed by atoms with Gasteiger partial charge in [0, 0.05) is 5.69 Å². The number of sulfonamides is 1. The molecule has 1 unspecified atom stereocenters. The molecule has 0 spiro atoms. The summed E-state index contributed by atoms with van der Waals surface area (Å²) in [5, 5.41) is 2.70. The number of carbonyl (C=O) groups excluding carboxylic acids is 1. The number of hydrogen-bond donors (Lipinski definition) is 2. The van der Waals surface area contributed by atoms with Crippen molar-refractivity contribution in [2.24, 2.45) is 5.41 Å². The zero-order valence-corrected chi connectivity index (χ0v) is 17.9. The molecule has 1 saturated carbocycles. The van der Waals surface area contributed by atoms with Gasteiger partial charge < -0.3 is 10.1 Å². The SMILES string of the molecule is COc1ccccc1NS(=O)(=O)c1cc(NC(=O)C2(C)CC2(Cl)Cl)ccc1C. The normalized spacial score (nSPS) is 20.3. The third-order valence-electron chi connectivity index (χ3n) is 4.85. The molecule has 150 valence electrons. The summed E-state index contributed by atoms with van der Waals surface area (Å²) < 4.78 is 32.4. The molecule has 2 aromatic carbocycles. The monoisotopic (exact) mass is 442 g/mol. The van der Waals surface area contributed by atoms with E-state index < -0.39 is 19.8 Å². The van der Waals surface area contributed by atoms with E-state index >= 15 is 0 Å². The Morgan fingerprint density at radius 1 is 1.18 bits per heavy atom. The number of nitrogens with one attached hydrogen (secondary N) is 2. The summed E-state index contributed by atoms with van der Waals surface area (Å²) in [4.78, 5) is 12.5. The van der Waals surface area contributed by atoms with Gasteiger partial charge in [0.2, 0.25) is 5.91 Å². The van der Waals surface area contributed by atoms with Crippen LogP contribution in [0.25, 0.3) is 0 Å². The number of methoxy groups -OCH3 is 1. The molecule has 28 heavy (non-hydrogen) atoms. The minimum atomic E-state index is -3.91. The van der Waals surface area contributed by atoms with E-state index in [1.54, 1.807) is 50.2 Å². The molecule has 6 nitrogen and oxygen atoms in total. The highest BCUT2D eigenvalue weighted by Gasteiger charge is 2.67. The Balaban J connectivity index is 1.88. The molecule has 3 rings (SSSR count). The van der Waals surface area contributed by atoms with E-state index in [4.69, 9.17) is 27.9 Å². The molecule has 1 aliphatic carbocycles. The second-order valence-corrected chi connectivity index (χ2v) is 10.1. The number of benzene rings is 2. The van der Waals surface area contributed by atoms with Gasteiger partial charge in [-0.3, -0.25) is 9.52 Å². The van der Waals surface area contributed by atoms with Crippen molar-refractivity contribution < 1.29 is 17.9 Å². The second kappa shape index (κ2) is 7.13. The third kappa shape index (κ3) is 3.79. The van der Waals surface area contributed by atoms with Crippen LogP contribution in [0.4, 0.5) is 11.4 Å². The van der Waals surface area contributed by atoms with Crippen LogP contribution < -0.4 is 14.8 Å². The fourth-order valence-electron chi connectivity index (χ4n) is 2.81. The van der Waals surface area contributed by atoms with Gasteiger partial charge in [-0.15, -0.1) is 23.2 Å². The minimum absolute atomic E-state index is 0.0418. The summed E-state index contributed by atoms with van der Waals surface area (Å²) in [6.45, 7) is 3.34. The Bertz CT molecular complexity index is 1040. The van der Waals surface area contributed by atoms with E-state index in [9.17, 15) is 13.2 Å². The van der Waals surface area contributed by atoms with Crippen LogP contribution in [0, 0.1) is 12.3 Å². The average molecular weight is 443 g/mol. The Labute approximate surface area is 174 Å². The number of amides is 1. The zero-order chi connectivity index (χ0) is 20.7. The molecular weight excluding hydrogens is 423 g/mol. The second-order valence-electron chi connectivity index (χ2n) is 6.95. The molecule has 1 atom stereocenters. The van der Waals surface area contributed by atoms with Gasteiger partial charge in [-0.2, -0.15) is 0 Å². The lowest BCUT2D eigenvalue weighted by Crippen LogP contribution is -2.26. The van der Waals surface area contributed by atoms with Crippen molar-refractivity contribution >= 4 is 50.5 Å². The number of carbonyl (C=O) groups is 1. The van der Waals surface area contributed by atoms with E-state index in [2.05, 4.69) is 10.0 Å². The predicted octanol–water partition coefficient (Wildman–Crippen LogP) is 4.33. The Morgan fingerprint density at radius 2 is 1.82 bits per heavy atom. The number of ether oxygens (including phenoxy) is 1. The van der Waals surface area contributed by atoms with Crippen molar-refractivity contribution in [2.45, 2.75) is 29.5 Å². The predicted molar refractivity (Wildman–Crippen MR) is 111 cm³/mol. The van der Waals surface area contributed by atoms with Crippen molar-refractivity contribution in [3.63, 3.8) is 0 Å². The topological polar surface area (TPSA) is 84.5 Å². The van der Waals surface area contributed by atoms with E-state index in [0.29, 0.717) is 29.1 Å². The van der Waals surface area contributed by atoms with E-state index in [1.165, 1.54) is 13.2 Å². The van der Waals surface area contributed by atoms with Crippen LogP contribution in [-0.4, -0.2) is 25.8 Å². The van der Waals surface area contributed by atoms with Gasteiger partial charge >= 0.3 is 0 Å². The van der Waals surface area contributed by atoms with Gasteiger partial charge in [0.25, 0.3) is 10.0 Å². The van der Waals surface area contributed by atoms with Crippen molar-refractivity contribution in [3.8, 4) is 5.75 Å². The lowest BCUT2D eigenvalue weighted by Gasteiger charge is -2.16. The molecule has 0 aromatic heterocycles. The van der Waals surface area contributed by atoms with Crippen molar-refractivity contribution in [1.82, 2.24) is 0 Å². The molecule has 2 aromatic rings. The maximum atomic E-state index is 12.9. The molecule has 0 heterocycles. The summed E-state index contributed by atoms with van der Waals surface area (Å²) in [5.74, 6) is 0.0396. The number of aryl methyl sites for hydroxylation is 1. The van der Waals surface area contributed by atoms with Crippen molar-refractivity contribution in [2.75, 3.05) is 17.1 Å². The lowest BCUT2D eigenvalue weighted by atomic mass is 10.1. The van der Waals surface area contributed by atoms with Crippen molar-refractivity contribution in [3.05, 3.63) is 48.0 Å². The van der Waals surface area contributed by atoms with E-state index in [1.807, 2.05) is 0 Å². The first-order chi connectivity index (χ1) is 13.0. The van der Waals surface area contributed by atoms with Crippen LogP contribution in [-0.2, 0) is 14.8 Å². The Hall–Kier alpha value is -1.96. The standard InChI is InChI=1S/C19H20Cl2N2O4S/c1-12-8-9-13(22-17(24)18(2)11-19(18,20)21)10-16(12)28(25,26)23-14-6-4-5-7-15(14)27-3/h4-10,23H,11H2,1-3H3,(H,22,24). The first-order valence-electron chi connectivity index (χ1n) is 8.46. The van der Waals surface area contributed by atoms with Crippen LogP contribution in [0.1, 0.15) is 18.9 Å². The molecule has 2 N–H and O–H groups in total.